The molecule has 0 spiro atoms. The Bertz CT molecular complexity index is 713. The molecule has 1 saturated heterocycles. The quantitative estimate of drug-likeness (QED) is 0.779. The maximum absolute atomic E-state index is 12.1. The summed E-state index contributed by atoms with van der Waals surface area (Å²) >= 11 is 0. The van der Waals surface area contributed by atoms with Crippen LogP contribution in [0.3, 0.4) is 0 Å². The van der Waals surface area contributed by atoms with Crippen LogP contribution in [0.5, 0.6) is 0 Å². The summed E-state index contributed by atoms with van der Waals surface area (Å²) in [5.74, 6) is 2.99. The predicted octanol–water partition coefficient (Wildman–Crippen LogP) is 3.35. The van der Waals surface area contributed by atoms with Crippen molar-refractivity contribution in [2.24, 2.45) is 23.2 Å². The zero-order valence-corrected chi connectivity index (χ0v) is 17.0. The summed E-state index contributed by atoms with van der Waals surface area (Å²) in [7, 11) is 0. The molecular weight excluding hydrogens is 338 g/mol. The van der Waals surface area contributed by atoms with Gasteiger partial charge in [-0.25, -0.2) is 0 Å². The normalized spacial score (nSPS) is 27.7. The molecule has 5 heteroatoms. The number of aromatic nitrogens is 1. The summed E-state index contributed by atoms with van der Waals surface area (Å²) in [6.45, 7) is 11.0. The van der Waals surface area contributed by atoms with Crippen molar-refractivity contribution in [1.29, 1.82) is 0 Å². The number of rotatable bonds is 6. The molecule has 2 heterocycles. The summed E-state index contributed by atoms with van der Waals surface area (Å²) in [5, 5.41) is 6.90. The molecule has 27 heavy (non-hydrogen) atoms. The van der Waals surface area contributed by atoms with Crippen molar-refractivity contribution in [3.63, 3.8) is 0 Å². The second-order valence-corrected chi connectivity index (χ2v) is 9.46. The minimum atomic E-state index is 0.0303. The number of nitrogens with one attached hydrogen (secondary N) is 1. The number of allylic oxidation sites excluding steroid dienone is 1. The highest BCUT2D eigenvalue weighted by Gasteiger charge is 2.51. The third kappa shape index (κ3) is 3.98. The van der Waals surface area contributed by atoms with Crippen molar-refractivity contribution in [2.75, 3.05) is 26.2 Å². The van der Waals surface area contributed by atoms with Gasteiger partial charge in [-0.2, -0.15) is 0 Å². The van der Waals surface area contributed by atoms with E-state index in [1.165, 1.54) is 25.7 Å². The van der Waals surface area contributed by atoms with E-state index in [2.05, 4.69) is 35.3 Å². The van der Waals surface area contributed by atoms with Crippen LogP contribution in [-0.4, -0.2) is 42.1 Å². The van der Waals surface area contributed by atoms with Gasteiger partial charge < -0.3 is 9.84 Å². The fourth-order valence-corrected chi connectivity index (χ4v) is 5.24. The second kappa shape index (κ2) is 7.42. The van der Waals surface area contributed by atoms with Crippen molar-refractivity contribution >= 4 is 5.91 Å². The number of nitrogens with zero attached hydrogens (tertiary/aromatic N) is 2. The third-order valence-electron chi connectivity index (χ3n) is 7.30. The summed E-state index contributed by atoms with van der Waals surface area (Å²) in [4.78, 5) is 14.7. The molecule has 148 valence electrons. The number of piperidine rings is 1. The first kappa shape index (κ1) is 18.7. The SMILES string of the molecule is Cc1cc(CC(=O)NCC2CCN(CC3=CC[C@H]4C[C@@H]3C4(C)C)CC2)on1. The number of carbonyl (C=O) groups is 1. The van der Waals surface area contributed by atoms with Gasteiger partial charge in [-0.3, -0.25) is 9.69 Å². The number of aryl methyl sites for hydroxylation is 1. The van der Waals surface area contributed by atoms with Crippen molar-refractivity contribution in [3.8, 4) is 0 Å². The first-order valence-electron chi connectivity index (χ1n) is 10.5. The van der Waals surface area contributed by atoms with E-state index in [9.17, 15) is 4.79 Å². The van der Waals surface area contributed by atoms with Crippen LogP contribution >= 0.6 is 0 Å². The number of amides is 1. The molecule has 2 bridgehead atoms. The molecule has 1 saturated carbocycles. The molecule has 0 aromatic carbocycles. The van der Waals surface area contributed by atoms with E-state index in [1.807, 2.05) is 13.0 Å². The maximum Gasteiger partial charge on any atom is 0.227 e. The summed E-state index contributed by atoms with van der Waals surface area (Å²) < 4.78 is 5.12. The molecule has 1 N–H and O–H groups in total. The summed E-state index contributed by atoms with van der Waals surface area (Å²) in [5.41, 5.74) is 3.03. The Kier molecular flexibility index (Phi) is 5.15. The molecule has 3 aliphatic carbocycles. The minimum Gasteiger partial charge on any atom is -0.361 e. The zero-order chi connectivity index (χ0) is 19.0. The van der Waals surface area contributed by atoms with Gasteiger partial charge in [0.05, 0.1) is 12.1 Å². The van der Waals surface area contributed by atoms with Gasteiger partial charge in [0.2, 0.25) is 5.91 Å². The standard InChI is InChI=1S/C22H33N3O2/c1-15-10-19(27-24-15)12-21(26)23-13-16-6-8-25(9-7-16)14-17-4-5-18-11-20(17)22(18,2)3/h4,10,16,18,20H,5-9,11-14H2,1-3H3,(H,23,26)/t18-,20-/m0/s1. The number of fused-ring (bicyclic) bond motifs is 1. The van der Waals surface area contributed by atoms with Gasteiger partial charge in [-0.05, 0) is 68.9 Å². The minimum absolute atomic E-state index is 0.0303. The van der Waals surface area contributed by atoms with Gasteiger partial charge in [0.1, 0.15) is 5.76 Å². The topological polar surface area (TPSA) is 58.4 Å². The highest BCUT2D eigenvalue weighted by atomic mass is 16.5. The zero-order valence-electron chi connectivity index (χ0n) is 17.0. The maximum atomic E-state index is 12.1. The highest BCUT2D eigenvalue weighted by Crippen LogP contribution is 2.59. The van der Waals surface area contributed by atoms with Crippen molar-refractivity contribution in [2.45, 2.75) is 52.9 Å². The predicted molar refractivity (Wildman–Crippen MR) is 105 cm³/mol. The van der Waals surface area contributed by atoms with Crippen molar-refractivity contribution < 1.29 is 9.32 Å². The number of carbonyl (C=O) groups excluding carboxylic acids is 1. The van der Waals surface area contributed by atoms with Gasteiger partial charge in [-0.1, -0.05) is 30.7 Å². The van der Waals surface area contributed by atoms with E-state index in [0.29, 0.717) is 17.1 Å². The summed E-state index contributed by atoms with van der Waals surface area (Å²) in [6, 6.07) is 1.82. The molecular formula is C22H33N3O2. The molecule has 1 aromatic rings. The highest BCUT2D eigenvalue weighted by molar-refractivity contribution is 5.77. The van der Waals surface area contributed by atoms with Crippen LogP contribution in [0.4, 0.5) is 0 Å². The van der Waals surface area contributed by atoms with Crippen LogP contribution in [0.15, 0.2) is 22.2 Å². The Hall–Kier alpha value is -1.62. The molecule has 0 unspecified atom stereocenters. The van der Waals surface area contributed by atoms with E-state index < -0.39 is 0 Å². The van der Waals surface area contributed by atoms with Crippen LogP contribution < -0.4 is 5.32 Å². The van der Waals surface area contributed by atoms with Crippen LogP contribution in [0.25, 0.3) is 0 Å². The van der Waals surface area contributed by atoms with Crippen LogP contribution in [0.1, 0.15) is 51.0 Å². The van der Waals surface area contributed by atoms with Gasteiger partial charge in [0.15, 0.2) is 0 Å². The first-order chi connectivity index (χ1) is 12.9. The molecule has 5 rings (SSSR count). The van der Waals surface area contributed by atoms with E-state index in [1.54, 1.807) is 5.57 Å². The first-order valence-corrected chi connectivity index (χ1v) is 10.5. The van der Waals surface area contributed by atoms with E-state index in [4.69, 9.17) is 4.52 Å². The van der Waals surface area contributed by atoms with Crippen LogP contribution in [0.2, 0.25) is 0 Å². The fraction of sp³-hybridized carbons (Fsp3) is 0.727. The Balaban J connectivity index is 1.17. The Morgan fingerprint density at radius 3 is 2.78 bits per heavy atom. The average molecular weight is 372 g/mol. The van der Waals surface area contributed by atoms with Gasteiger partial charge in [0.25, 0.3) is 0 Å². The lowest BCUT2D eigenvalue weighted by molar-refractivity contribution is -0.121. The number of hydrogen-bond donors (Lipinski definition) is 1. The molecule has 5 nitrogen and oxygen atoms in total. The number of hydrogen-bond acceptors (Lipinski definition) is 4. The largest absolute Gasteiger partial charge is 0.361 e. The second-order valence-electron chi connectivity index (χ2n) is 9.46. The summed E-state index contributed by atoms with van der Waals surface area (Å²) in [6.07, 6.45) is 7.85. The van der Waals surface area contributed by atoms with E-state index >= 15 is 0 Å². The molecule has 2 atom stereocenters. The smallest absolute Gasteiger partial charge is 0.227 e. The molecule has 1 amide bonds. The Labute approximate surface area is 162 Å². The van der Waals surface area contributed by atoms with Gasteiger partial charge in [-0.15, -0.1) is 0 Å². The van der Waals surface area contributed by atoms with Crippen LogP contribution in [-0.2, 0) is 11.2 Å². The Morgan fingerprint density at radius 2 is 2.15 bits per heavy atom. The average Bonchev–Trinajstić information content (AvgIpc) is 3.05. The Morgan fingerprint density at radius 1 is 1.37 bits per heavy atom. The molecule has 2 fully saturated rings. The number of likely N-dealkylation sites (tertiary alicyclic amines) is 1. The van der Waals surface area contributed by atoms with E-state index in [0.717, 1.165) is 43.7 Å². The molecule has 4 aliphatic rings. The van der Waals surface area contributed by atoms with Gasteiger partial charge in [0, 0.05) is 19.2 Å². The molecule has 1 aliphatic heterocycles. The van der Waals surface area contributed by atoms with Crippen LogP contribution in [0, 0.1) is 30.1 Å². The van der Waals surface area contributed by atoms with Crippen molar-refractivity contribution in [1.82, 2.24) is 15.4 Å². The van der Waals surface area contributed by atoms with E-state index in [-0.39, 0.29) is 12.3 Å². The lowest BCUT2D eigenvalue weighted by Gasteiger charge is -2.57. The monoisotopic (exact) mass is 371 g/mol. The molecule has 1 aromatic heterocycles. The van der Waals surface area contributed by atoms with Crippen molar-refractivity contribution in [3.05, 3.63) is 29.2 Å². The third-order valence-corrected chi connectivity index (χ3v) is 7.30. The lowest BCUT2D eigenvalue weighted by atomic mass is 9.49. The fourth-order valence-electron chi connectivity index (χ4n) is 5.24. The van der Waals surface area contributed by atoms with Gasteiger partial charge >= 0.3 is 0 Å². The molecule has 0 radical (unpaired) electrons. The lowest BCUT2D eigenvalue weighted by Crippen LogP contribution is -2.50.